The number of benzene rings is 2. The molecule has 0 aliphatic carbocycles. The second-order valence-electron chi connectivity index (χ2n) is 9.31. The minimum atomic E-state index is -0.607. The molecule has 178 valence electrons. The number of esters is 1. The molecular weight excluding hydrogens is 430 g/mol. The van der Waals surface area contributed by atoms with Crippen LogP contribution in [0.25, 0.3) is 10.9 Å². The maximum Gasteiger partial charge on any atom is 0.337 e. The molecule has 1 aromatic heterocycles. The third-order valence-corrected chi connectivity index (χ3v) is 6.41. The Morgan fingerprint density at radius 1 is 1.15 bits per heavy atom. The lowest BCUT2D eigenvalue weighted by Gasteiger charge is -2.32. The molecule has 2 heterocycles. The van der Waals surface area contributed by atoms with Crippen LogP contribution in [-0.4, -0.2) is 47.4 Å². The highest BCUT2D eigenvalue weighted by Crippen LogP contribution is 2.29. The van der Waals surface area contributed by atoms with Crippen molar-refractivity contribution >= 4 is 28.7 Å². The fourth-order valence-electron chi connectivity index (χ4n) is 4.62. The van der Waals surface area contributed by atoms with Gasteiger partial charge in [-0.15, -0.1) is 0 Å². The van der Waals surface area contributed by atoms with Gasteiger partial charge in [-0.05, 0) is 49.1 Å². The van der Waals surface area contributed by atoms with Crippen molar-refractivity contribution in [1.29, 1.82) is 0 Å². The summed E-state index contributed by atoms with van der Waals surface area (Å²) in [6, 6.07) is 12.2. The predicted molar refractivity (Wildman–Crippen MR) is 131 cm³/mol. The lowest BCUT2D eigenvalue weighted by molar-refractivity contribution is -0.134. The Balaban J connectivity index is 1.58. The zero-order valence-corrected chi connectivity index (χ0v) is 20.1. The van der Waals surface area contributed by atoms with Crippen LogP contribution in [0.4, 0.5) is 0 Å². The molecule has 0 bridgehead atoms. The average Bonchev–Trinajstić information content (AvgIpc) is 3.19. The summed E-state index contributed by atoms with van der Waals surface area (Å²) in [5.74, 6) is -0.469. The molecular formula is C27H31N3O4. The van der Waals surface area contributed by atoms with Crippen molar-refractivity contribution in [3.05, 3.63) is 70.4 Å². The van der Waals surface area contributed by atoms with Gasteiger partial charge in [0.1, 0.15) is 6.04 Å². The molecule has 3 aromatic rings. The van der Waals surface area contributed by atoms with Crippen LogP contribution in [0.2, 0.25) is 0 Å². The van der Waals surface area contributed by atoms with E-state index >= 15 is 0 Å². The number of aryl methyl sites for hydroxylation is 1. The zero-order valence-electron chi connectivity index (χ0n) is 20.1. The van der Waals surface area contributed by atoms with Crippen LogP contribution in [0.5, 0.6) is 0 Å². The summed E-state index contributed by atoms with van der Waals surface area (Å²) in [5, 5.41) is 3.91. The maximum atomic E-state index is 13.6. The number of carbonyl (C=O) groups excluding carboxylic acids is 3. The van der Waals surface area contributed by atoms with Crippen LogP contribution in [0, 0.1) is 12.8 Å². The van der Waals surface area contributed by atoms with Crippen LogP contribution >= 0.6 is 0 Å². The van der Waals surface area contributed by atoms with Crippen molar-refractivity contribution < 1.29 is 19.1 Å². The first kappa shape index (κ1) is 23.5. The average molecular weight is 462 g/mol. The van der Waals surface area contributed by atoms with Crippen LogP contribution in [0.15, 0.2) is 42.5 Å². The number of aromatic nitrogens is 1. The Labute approximate surface area is 199 Å². The molecule has 1 unspecified atom stereocenters. The first-order chi connectivity index (χ1) is 16.3. The number of amides is 2. The van der Waals surface area contributed by atoms with Gasteiger partial charge in [0.15, 0.2) is 0 Å². The van der Waals surface area contributed by atoms with E-state index in [0.717, 1.165) is 27.7 Å². The van der Waals surface area contributed by atoms with Gasteiger partial charge < -0.3 is 19.9 Å². The Kier molecular flexibility index (Phi) is 6.72. The van der Waals surface area contributed by atoms with E-state index in [1.807, 2.05) is 56.0 Å². The molecule has 4 rings (SSSR count). The van der Waals surface area contributed by atoms with Crippen molar-refractivity contribution in [3.63, 3.8) is 0 Å². The van der Waals surface area contributed by atoms with E-state index in [9.17, 15) is 14.4 Å². The van der Waals surface area contributed by atoms with E-state index in [1.54, 1.807) is 12.1 Å². The summed E-state index contributed by atoms with van der Waals surface area (Å²) in [7, 11) is 1.36. The van der Waals surface area contributed by atoms with Crippen LogP contribution < -0.4 is 5.32 Å². The third kappa shape index (κ3) is 4.69. The van der Waals surface area contributed by atoms with Gasteiger partial charge in [0.2, 0.25) is 5.91 Å². The van der Waals surface area contributed by atoms with Gasteiger partial charge in [-0.25, -0.2) is 4.79 Å². The normalized spacial score (nSPS) is 14.1. The Hall–Kier alpha value is -3.61. The first-order valence-corrected chi connectivity index (χ1v) is 11.7. The van der Waals surface area contributed by atoms with Crippen molar-refractivity contribution in [2.24, 2.45) is 5.92 Å². The molecule has 1 aliphatic rings. The molecule has 2 aromatic carbocycles. The van der Waals surface area contributed by atoms with Gasteiger partial charge in [-0.1, -0.05) is 32.0 Å². The summed E-state index contributed by atoms with van der Waals surface area (Å²) in [6.45, 7) is 6.97. The summed E-state index contributed by atoms with van der Waals surface area (Å²) in [5.41, 5.74) is 4.94. The van der Waals surface area contributed by atoms with Gasteiger partial charge in [0.25, 0.3) is 5.91 Å². The Bertz CT molecular complexity index is 1240. The van der Waals surface area contributed by atoms with Gasteiger partial charge in [0, 0.05) is 47.2 Å². The lowest BCUT2D eigenvalue weighted by Crippen LogP contribution is -2.50. The molecule has 0 fully saturated rings. The van der Waals surface area contributed by atoms with Crippen LogP contribution in [0.3, 0.4) is 0 Å². The number of H-pyrrole nitrogens is 1. The molecule has 7 nitrogen and oxygen atoms in total. The van der Waals surface area contributed by atoms with E-state index < -0.39 is 12.0 Å². The van der Waals surface area contributed by atoms with E-state index in [0.29, 0.717) is 37.1 Å². The van der Waals surface area contributed by atoms with Crippen molar-refractivity contribution in [1.82, 2.24) is 15.2 Å². The van der Waals surface area contributed by atoms with Crippen LogP contribution in [0.1, 0.15) is 57.8 Å². The highest BCUT2D eigenvalue weighted by molar-refractivity contribution is 5.99. The van der Waals surface area contributed by atoms with E-state index in [2.05, 4.69) is 10.3 Å². The smallest absolute Gasteiger partial charge is 0.337 e. The summed E-state index contributed by atoms with van der Waals surface area (Å²) in [6.07, 6.45) is 1.24. The van der Waals surface area contributed by atoms with Crippen molar-refractivity contribution in [2.45, 2.75) is 46.2 Å². The highest BCUT2D eigenvalue weighted by atomic mass is 16.5. The summed E-state index contributed by atoms with van der Waals surface area (Å²) >= 11 is 0. The molecule has 34 heavy (non-hydrogen) atoms. The number of aromatic amines is 1. The fourth-order valence-corrected chi connectivity index (χ4v) is 4.62. The van der Waals surface area contributed by atoms with Crippen molar-refractivity contribution in [2.75, 3.05) is 13.7 Å². The number of hydrogen-bond donors (Lipinski definition) is 2. The second-order valence-corrected chi connectivity index (χ2v) is 9.31. The van der Waals surface area contributed by atoms with Gasteiger partial charge in [-0.3, -0.25) is 9.59 Å². The number of hydrogen-bond acceptors (Lipinski definition) is 4. The monoisotopic (exact) mass is 461 g/mol. The predicted octanol–water partition coefficient (Wildman–Crippen LogP) is 3.99. The molecule has 1 aliphatic heterocycles. The van der Waals surface area contributed by atoms with Gasteiger partial charge in [0.05, 0.1) is 12.7 Å². The maximum absolute atomic E-state index is 13.6. The van der Waals surface area contributed by atoms with Gasteiger partial charge in [-0.2, -0.15) is 0 Å². The van der Waals surface area contributed by atoms with Crippen molar-refractivity contribution in [3.8, 4) is 0 Å². The van der Waals surface area contributed by atoms with Crippen LogP contribution in [-0.2, 0) is 22.5 Å². The van der Waals surface area contributed by atoms with E-state index in [-0.39, 0.29) is 17.7 Å². The largest absolute Gasteiger partial charge is 0.465 e. The third-order valence-electron chi connectivity index (χ3n) is 6.41. The van der Waals surface area contributed by atoms with Gasteiger partial charge >= 0.3 is 5.97 Å². The molecule has 0 saturated carbocycles. The Morgan fingerprint density at radius 2 is 1.91 bits per heavy atom. The highest BCUT2D eigenvalue weighted by Gasteiger charge is 2.31. The number of nitrogens with zero attached hydrogens (tertiary/aromatic N) is 1. The molecule has 2 amide bonds. The van der Waals surface area contributed by atoms with E-state index in [1.165, 1.54) is 7.11 Å². The quantitative estimate of drug-likeness (QED) is 0.543. The minimum Gasteiger partial charge on any atom is -0.465 e. The number of carbonyl (C=O) groups is 3. The standard InChI is InChI=1S/C27H31N3O4/c1-16(2)13-24(29-25(31)19-8-6-5-7-17(19)3)26(32)30-12-11-23-21(15-30)20-14-18(27(33)34-4)9-10-22(20)28-23/h5-10,14,16,24,28H,11-13,15H2,1-4H3,(H,29,31). The fraction of sp³-hybridized carbons (Fsp3) is 0.370. The Morgan fingerprint density at radius 3 is 2.62 bits per heavy atom. The lowest BCUT2D eigenvalue weighted by atomic mass is 9.98. The summed E-state index contributed by atoms with van der Waals surface area (Å²) in [4.78, 5) is 43.8. The number of methoxy groups -OCH3 is 1. The molecule has 0 radical (unpaired) electrons. The molecule has 0 spiro atoms. The zero-order chi connectivity index (χ0) is 24.4. The van der Waals surface area contributed by atoms with E-state index in [4.69, 9.17) is 4.74 Å². The molecule has 2 N–H and O–H groups in total. The number of rotatable bonds is 6. The SMILES string of the molecule is COC(=O)c1ccc2[nH]c3c(c2c1)CN(C(=O)C(CC(C)C)NC(=O)c1ccccc1C)CC3. The molecule has 1 atom stereocenters. The summed E-state index contributed by atoms with van der Waals surface area (Å²) < 4.78 is 4.86. The number of nitrogens with one attached hydrogen (secondary N) is 2. The number of fused-ring (bicyclic) bond motifs is 3. The minimum absolute atomic E-state index is 0.0836. The number of ether oxygens (including phenoxy) is 1. The topological polar surface area (TPSA) is 91.5 Å². The second kappa shape index (κ2) is 9.71. The molecule has 0 saturated heterocycles. The molecule has 7 heteroatoms. The first-order valence-electron chi connectivity index (χ1n) is 11.7.